The van der Waals surface area contributed by atoms with Crippen LogP contribution in [0.5, 0.6) is 5.75 Å². The summed E-state index contributed by atoms with van der Waals surface area (Å²) in [6.45, 7) is 0. The molecule has 1 aromatic rings. The van der Waals surface area contributed by atoms with Gasteiger partial charge in [-0.3, -0.25) is 0 Å². The van der Waals surface area contributed by atoms with E-state index in [-0.39, 0.29) is 5.75 Å². The molecule has 0 amide bonds. The van der Waals surface area contributed by atoms with Gasteiger partial charge in [0.25, 0.3) is 0 Å². The number of halogens is 3. The Morgan fingerprint density at radius 1 is 1.20 bits per heavy atom. The minimum Gasteiger partial charge on any atom is -0.508 e. The summed E-state index contributed by atoms with van der Waals surface area (Å²) in [7, 11) is 0. The summed E-state index contributed by atoms with van der Waals surface area (Å²) >= 11 is 0. The number of rotatable bonds is 2. The van der Waals surface area contributed by atoms with Crippen molar-refractivity contribution < 1.29 is 18.3 Å². The standard InChI is InChI=1S/C11H11F3O/c12-11(13,14)9-4-8(3-7-1-2-7)5-10(15)6-9/h4-7,15H,1-3H2. The third-order valence-corrected chi connectivity index (χ3v) is 2.53. The van der Waals surface area contributed by atoms with Gasteiger partial charge in [-0.1, -0.05) is 0 Å². The van der Waals surface area contributed by atoms with Gasteiger partial charge in [0.1, 0.15) is 5.75 Å². The summed E-state index contributed by atoms with van der Waals surface area (Å²) in [6, 6.07) is 3.29. The van der Waals surface area contributed by atoms with Gasteiger partial charge in [-0.15, -0.1) is 0 Å². The molecule has 0 aliphatic heterocycles. The predicted octanol–water partition coefficient (Wildman–Crippen LogP) is 3.36. The van der Waals surface area contributed by atoms with Gasteiger partial charge in [0.15, 0.2) is 0 Å². The lowest BCUT2D eigenvalue weighted by Gasteiger charge is -2.09. The predicted molar refractivity (Wildman–Crippen MR) is 49.5 cm³/mol. The molecule has 0 unspecified atom stereocenters. The molecule has 0 heterocycles. The van der Waals surface area contributed by atoms with Gasteiger partial charge in [-0.05, 0) is 48.9 Å². The molecule has 0 aromatic heterocycles. The molecule has 0 bridgehead atoms. The number of phenols is 1. The molecule has 0 radical (unpaired) electrons. The zero-order valence-corrected chi connectivity index (χ0v) is 8.01. The monoisotopic (exact) mass is 216 g/mol. The highest BCUT2D eigenvalue weighted by molar-refractivity contribution is 5.35. The number of benzene rings is 1. The smallest absolute Gasteiger partial charge is 0.416 e. The average Bonchev–Trinajstić information content (AvgIpc) is 2.85. The number of aromatic hydroxyl groups is 1. The largest absolute Gasteiger partial charge is 0.508 e. The summed E-state index contributed by atoms with van der Waals surface area (Å²) in [5.41, 5.74) is -0.192. The summed E-state index contributed by atoms with van der Waals surface area (Å²) in [5, 5.41) is 9.19. The Kier molecular flexibility index (Phi) is 2.37. The van der Waals surface area contributed by atoms with Crippen LogP contribution in [0.25, 0.3) is 0 Å². The van der Waals surface area contributed by atoms with Crippen LogP contribution in [0, 0.1) is 5.92 Å². The Hall–Kier alpha value is -1.19. The quantitative estimate of drug-likeness (QED) is 0.803. The molecule has 0 saturated heterocycles. The van der Waals surface area contributed by atoms with Crippen LogP contribution in [0.15, 0.2) is 18.2 Å². The van der Waals surface area contributed by atoms with Crippen LogP contribution in [0.1, 0.15) is 24.0 Å². The molecule has 1 nitrogen and oxygen atoms in total. The molecule has 15 heavy (non-hydrogen) atoms. The van der Waals surface area contributed by atoms with E-state index >= 15 is 0 Å². The molecule has 1 aliphatic carbocycles. The van der Waals surface area contributed by atoms with E-state index in [0.717, 1.165) is 25.0 Å². The summed E-state index contributed by atoms with van der Waals surface area (Å²) in [5.74, 6) is 0.202. The van der Waals surface area contributed by atoms with E-state index in [2.05, 4.69) is 0 Å². The Bertz CT molecular complexity index is 367. The van der Waals surface area contributed by atoms with Crippen molar-refractivity contribution in [3.05, 3.63) is 29.3 Å². The highest BCUT2D eigenvalue weighted by Gasteiger charge is 2.32. The van der Waals surface area contributed by atoms with Crippen LogP contribution in [0.4, 0.5) is 13.2 Å². The van der Waals surface area contributed by atoms with Crippen molar-refractivity contribution >= 4 is 0 Å². The molecular weight excluding hydrogens is 205 g/mol. The fourth-order valence-corrected chi connectivity index (χ4v) is 1.61. The lowest BCUT2D eigenvalue weighted by Crippen LogP contribution is -2.05. The molecular formula is C11H11F3O. The van der Waals surface area contributed by atoms with Crippen molar-refractivity contribution in [1.29, 1.82) is 0 Å². The second kappa shape index (κ2) is 3.43. The van der Waals surface area contributed by atoms with Gasteiger partial charge >= 0.3 is 6.18 Å². The fourth-order valence-electron chi connectivity index (χ4n) is 1.61. The van der Waals surface area contributed by atoms with E-state index < -0.39 is 11.7 Å². The lowest BCUT2D eigenvalue weighted by atomic mass is 10.0. The number of phenolic OH excluding ortho intramolecular Hbond substituents is 1. The van der Waals surface area contributed by atoms with Crippen LogP contribution >= 0.6 is 0 Å². The van der Waals surface area contributed by atoms with Gasteiger partial charge < -0.3 is 5.11 Å². The van der Waals surface area contributed by atoms with E-state index in [1.165, 1.54) is 6.07 Å². The van der Waals surface area contributed by atoms with E-state index in [9.17, 15) is 18.3 Å². The van der Waals surface area contributed by atoms with Gasteiger partial charge in [-0.25, -0.2) is 0 Å². The zero-order valence-electron chi connectivity index (χ0n) is 8.01. The van der Waals surface area contributed by atoms with Crippen LogP contribution in [0.3, 0.4) is 0 Å². The van der Waals surface area contributed by atoms with Crippen LogP contribution in [-0.4, -0.2) is 5.11 Å². The molecule has 0 spiro atoms. The van der Waals surface area contributed by atoms with Crippen molar-refractivity contribution in [3.63, 3.8) is 0 Å². The second-order valence-corrected chi connectivity index (χ2v) is 4.03. The maximum Gasteiger partial charge on any atom is 0.416 e. The first kappa shape index (κ1) is 10.3. The molecule has 1 fully saturated rings. The minimum atomic E-state index is -4.38. The van der Waals surface area contributed by atoms with E-state index in [1.54, 1.807) is 0 Å². The van der Waals surface area contributed by atoms with Crippen molar-refractivity contribution in [1.82, 2.24) is 0 Å². The molecule has 82 valence electrons. The number of alkyl halides is 3. The first-order chi connectivity index (χ1) is 6.95. The van der Waals surface area contributed by atoms with Crippen molar-refractivity contribution in [3.8, 4) is 5.75 Å². The minimum absolute atomic E-state index is 0.305. The fraction of sp³-hybridized carbons (Fsp3) is 0.455. The van der Waals surface area contributed by atoms with Crippen molar-refractivity contribution in [2.45, 2.75) is 25.4 Å². The molecule has 0 atom stereocenters. The molecule has 1 saturated carbocycles. The molecule has 1 aromatic carbocycles. The van der Waals surface area contributed by atoms with Gasteiger partial charge in [0.05, 0.1) is 5.56 Å². The Labute approximate surface area is 85.5 Å². The van der Waals surface area contributed by atoms with Crippen molar-refractivity contribution in [2.24, 2.45) is 5.92 Å². The highest BCUT2D eigenvalue weighted by Crippen LogP contribution is 2.36. The van der Waals surface area contributed by atoms with E-state index in [1.807, 2.05) is 0 Å². The first-order valence-electron chi connectivity index (χ1n) is 4.85. The Morgan fingerprint density at radius 2 is 1.87 bits per heavy atom. The third-order valence-electron chi connectivity index (χ3n) is 2.53. The van der Waals surface area contributed by atoms with E-state index in [4.69, 9.17) is 0 Å². The zero-order chi connectivity index (χ0) is 11.1. The van der Waals surface area contributed by atoms with Gasteiger partial charge in [-0.2, -0.15) is 13.2 Å². The maximum absolute atomic E-state index is 12.4. The summed E-state index contributed by atoms with van der Waals surface area (Å²) < 4.78 is 37.2. The summed E-state index contributed by atoms with van der Waals surface area (Å²) in [6.07, 6.45) is -1.58. The first-order valence-corrected chi connectivity index (χ1v) is 4.85. The molecule has 4 heteroatoms. The Morgan fingerprint density at radius 3 is 2.40 bits per heavy atom. The number of hydrogen-bond donors (Lipinski definition) is 1. The number of hydrogen-bond acceptors (Lipinski definition) is 1. The molecule has 1 N–H and O–H groups in total. The van der Waals surface area contributed by atoms with Crippen molar-refractivity contribution in [2.75, 3.05) is 0 Å². The van der Waals surface area contributed by atoms with Crippen LogP contribution in [-0.2, 0) is 12.6 Å². The Balaban J connectivity index is 2.27. The normalized spacial score (nSPS) is 16.7. The van der Waals surface area contributed by atoms with Crippen LogP contribution in [0.2, 0.25) is 0 Å². The van der Waals surface area contributed by atoms with Crippen LogP contribution < -0.4 is 0 Å². The molecule has 2 rings (SSSR count). The third kappa shape index (κ3) is 2.64. The van der Waals surface area contributed by atoms with E-state index in [0.29, 0.717) is 17.9 Å². The topological polar surface area (TPSA) is 20.2 Å². The average molecular weight is 216 g/mol. The summed E-state index contributed by atoms with van der Waals surface area (Å²) in [4.78, 5) is 0. The second-order valence-electron chi connectivity index (χ2n) is 4.03. The van der Waals surface area contributed by atoms with Gasteiger partial charge in [0, 0.05) is 0 Å². The SMILES string of the molecule is Oc1cc(CC2CC2)cc(C(F)(F)F)c1. The lowest BCUT2D eigenvalue weighted by molar-refractivity contribution is -0.137. The highest BCUT2D eigenvalue weighted by atomic mass is 19.4. The maximum atomic E-state index is 12.4. The van der Waals surface area contributed by atoms with Gasteiger partial charge in [0.2, 0.25) is 0 Å². The molecule has 1 aliphatic rings.